The molecule has 0 aliphatic rings. The first-order chi connectivity index (χ1) is 7.12. The maximum absolute atomic E-state index is 11.4. The number of carbonyl (C=O) groups excluding carboxylic acids is 1. The van der Waals surface area contributed by atoms with E-state index in [1.54, 1.807) is 11.8 Å². The van der Waals surface area contributed by atoms with Gasteiger partial charge in [-0.1, -0.05) is 37.3 Å². The molecule has 0 radical (unpaired) electrons. The Morgan fingerprint density at radius 1 is 1.40 bits per heavy atom. The van der Waals surface area contributed by atoms with Crippen LogP contribution in [0.15, 0.2) is 30.3 Å². The molecular formula is C12H17NOS. The lowest BCUT2D eigenvalue weighted by atomic mass is 10.1. The average molecular weight is 223 g/mol. The Labute approximate surface area is 95.5 Å². The fourth-order valence-electron chi connectivity index (χ4n) is 1.35. The molecule has 0 saturated carbocycles. The summed E-state index contributed by atoms with van der Waals surface area (Å²) >= 11 is 1.64. The van der Waals surface area contributed by atoms with Crippen LogP contribution in [0.5, 0.6) is 0 Å². The molecule has 3 heteroatoms. The third-order valence-corrected chi connectivity index (χ3v) is 3.59. The first-order valence-corrected chi connectivity index (χ1v) is 6.26. The second-order valence-corrected chi connectivity index (χ2v) is 4.73. The van der Waals surface area contributed by atoms with E-state index >= 15 is 0 Å². The van der Waals surface area contributed by atoms with Crippen molar-refractivity contribution < 1.29 is 4.79 Å². The highest BCUT2D eigenvalue weighted by Crippen LogP contribution is 2.31. The monoisotopic (exact) mass is 223 g/mol. The zero-order valence-electron chi connectivity index (χ0n) is 9.41. The van der Waals surface area contributed by atoms with E-state index in [2.05, 4.69) is 5.32 Å². The van der Waals surface area contributed by atoms with Gasteiger partial charge in [-0.3, -0.25) is 4.79 Å². The average Bonchev–Trinajstić information content (AvgIpc) is 2.30. The third-order valence-electron chi connectivity index (χ3n) is 2.43. The standard InChI is InChI=1S/C12H17NOS/c1-4-11(14)13-12(2,15-3)10-8-6-5-7-9-10/h5-9H,4H2,1-3H3,(H,13,14). The molecule has 0 aliphatic heterocycles. The molecule has 1 aromatic carbocycles. The van der Waals surface area contributed by atoms with Crippen molar-refractivity contribution >= 4 is 17.7 Å². The van der Waals surface area contributed by atoms with Gasteiger partial charge in [0.2, 0.25) is 5.91 Å². The number of carbonyl (C=O) groups is 1. The van der Waals surface area contributed by atoms with Crippen LogP contribution in [-0.4, -0.2) is 12.2 Å². The van der Waals surface area contributed by atoms with Gasteiger partial charge in [0.05, 0.1) is 0 Å². The molecule has 1 atom stereocenters. The molecule has 0 fully saturated rings. The Morgan fingerprint density at radius 3 is 2.47 bits per heavy atom. The highest BCUT2D eigenvalue weighted by molar-refractivity contribution is 7.99. The van der Waals surface area contributed by atoms with E-state index in [4.69, 9.17) is 0 Å². The molecule has 15 heavy (non-hydrogen) atoms. The van der Waals surface area contributed by atoms with Crippen LogP contribution >= 0.6 is 11.8 Å². The van der Waals surface area contributed by atoms with Crippen molar-refractivity contribution in [2.75, 3.05) is 6.26 Å². The first kappa shape index (κ1) is 12.1. The summed E-state index contributed by atoms with van der Waals surface area (Å²) in [4.78, 5) is 11.1. The van der Waals surface area contributed by atoms with Crippen molar-refractivity contribution in [3.05, 3.63) is 35.9 Å². The lowest BCUT2D eigenvalue weighted by molar-refractivity contribution is -0.121. The summed E-state index contributed by atoms with van der Waals surface area (Å²) < 4.78 is 0. The Kier molecular flexibility index (Phi) is 4.21. The van der Waals surface area contributed by atoms with Gasteiger partial charge in [-0.05, 0) is 18.7 Å². The summed E-state index contributed by atoms with van der Waals surface area (Å²) in [6, 6.07) is 10.0. The highest BCUT2D eigenvalue weighted by Gasteiger charge is 2.26. The predicted molar refractivity (Wildman–Crippen MR) is 65.7 cm³/mol. The number of nitrogens with one attached hydrogen (secondary N) is 1. The quantitative estimate of drug-likeness (QED) is 0.795. The first-order valence-electron chi connectivity index (χ1n) is 5.04. The molecule has 0 aliphatic carbocycles. The fourth-order valence-corrected chi connectivity index (χ4v) is 1.94. The second kappa shape index (κ2) is 5.21. The van der Waals surface area contributed by atoms with Crippen LogP contribution in [0.1, 0.15) is 25.8 Å². The van der Waals surface area contributed by atoms with Gasteiger partial charge < -0.3 is 5.32 Å². The van der Waals surface area contributed by atoms with E-state index in [1.165, 1.54) is 0 Å². The lowest BCUT2D eigenvalue weighted by Gasteiger charge is -2.29. The molecule has 1 amide bonds. The van der Waals surface area contributed by atoms with Gasteiger partial charge in [0.25, 0.3) is 0 Å². The minimum absolute atomic E-state index is 0.0794. The van der Waals surface area contributed by atoms with Crippen molar-refractivity contribution in [1.29, 1.82) is 0 Å². The summed E-state index contributed by atoms with van der Waals surface area (Å²) in [5, 5.41) is 3.03. The van der Waals surface area contributed by atoms with Gasteiger partial charge >= 0.3 is 0 Å². The largest absolute Gasteiger partial charge is 0.338 e. The molecule has 1 unspecified atom stereocenters. The van der Waals surface area contributed by atoms with Crippen molar-refractivity contribution in [3.63, 3.8) is 0 Å². The molecule has 1 rings (SSSR count). The summed E-state index contributed by atoms with van der Waals surface area (Å²) in [7, 11) is 0. The van der Waals surface area contributed by atoms with Gasteiger partial charge in [0.15, 0.2) is 0 Å². The van der Waals surface area contributed by atoms with Crippen molar-refractivity contribution in [3.8, 4) is 0 Å². The summed E-state index contributed by atoms with van der Waals surface area (Å²) in [6.45, 7) is 3.89. The molecule has 0 saturated heterocycles. The van der Waals surface area contributed by atoms with E-state index in [0.717, 1.165) is 5.56 Å². The number of benzene rings is 1. The third kappa shape index (κ3) is 2.99. The maximum atomic E-state index is 11.4. The molecule has 2 nitrogen and oxygen atoms in total. The van der Waals surface area contributed by atoms with Crippen molar-refractivity contribution in [2.45, 2.75) is 25.1 Å². The lowest BCUT2D eigenvalue weighted by Crippen LogP contribution is -2.40. The van der Waals surface area contributed by atoms with Crippen LogP contribution in [0.3, 0.4) is 0 Å². The SMILES string of the molecule is CCC(=O)NC(C)(SC)c1ccccc1. The van der Waals surface area contributed by atoms with E-state index in [1.807, 2.05) is 50.4 Å². The summed E-state index contributed by atoms with van der Waals surface area (Å²) in [5.41, 5.74) is 1.12. The molecule has 82 valence electrons. The molecule has 0 spiro atoms. The number of amides is 1. The molecule has 0 bridgehead atoms. The predicted octanol–water partition coefficient (Wildman–Crippen LogP) is 2.75. The molecule has 1 aromatic rings. The van der Waals surface area contributed by atoms with Gasteiger partial charge in [-0.15, -0.1) is 11.8 Å². The van der Waals surface area contributed by atoms with Crippen LogP contribution < -0.4 is 5.32 Å². The normalized spacial score (nSPS) is 14.3. The zero-order chi connectivity index (χ0) is 11.3. The van der Waals surface area contributed by atoms with Crippen LogP contribution in [-0.2, 0) is 9.67 Å². The maximum Gasteiger partial charge on any atom is 0.221 e. The Balaban J connectivity index is 2.90. The Morgan fingerprint density at radius 2 is 2.00 bits per heavy atom. The van der Waals surface area contributed by atoms with Crippen LogP contribution in [0.2, 0.25) is 0 Å². The number of hydrogen-bond acceptors (Lipinski definition) is 2. The van der Waals surface area contributed by atoms with Gasteiger partial charge in [-0.25, -0.2) is 0 Å². The smallest absolute Gasteiger partial charge is 0.221 e. The van der Waals surface area contributed by atoms with E-state index in [0.29, 0.717) is 6.42 Å². The molecule has 1 N–H and O–H groups in total. The van der Waals surface area contributed by atoms with Crippen LogP contribution in [0, 0.1) is 0 Å². The van der Waals surface area contributed by atoms with Gasteiger partial charge in [0, 0.05) is 6.42 Å². The van der Waals surface area contributed by atoms with Gasteiger partial charge in [0.1, 0.15) is 4.87 Å². The molecular weight excluding hydrogens is 206 g/mol. The fraction of sp³-hybridized carbons (Fsp3) is 0.417. The number of hydrogen-bond donors (Lipinski definition) is 1. The Bertz CT molecular complexity index is 326. The summed E-state index contributed by atoms with van der Waals surface area (Å²) in [5.74, 6) is 0.0794. The van der Waals surface area contributed by atoms with E-state index in [-0.39, 0.29) is 10.8 Å². The van der Waals surface area contributed by atoms with E-state index < -0.39 is 0 Å². The van der Waals surface area contributed by atoms with E-state index in [9.17, 15) is 4.79 Å². The summed E-state index contributed by atoms with van der Waals surface area (Å²) in [6.07, 6.45) is 2.52. The van der Waals surface area contributed by atoms with Crippen molar-refractivity contribution in [1.82, 2.24) is 5.32 Å². The molecule has 0 aromatic heterocycles. The van der Waals surface area contributed by atoms with Crippen LogP contribution in [0.4, 0.5) is 0 Å². The van der Waals surface area contributed by atoms with Crippen molar-refractivity contribution in [2.24, 2.45) is 0 Å². The Hall–Kier alpha value is -0.960. The highest BCUT2D eigenvalue weighted by atomic mass is 32.2. The van der Waals surface area contributed by atoms with Crippen LogP contribution in [0.25, 0.3) is 0 Å². The topological polar surface area (TPSA) is 29.1 Å². The minimum atomic E-state index is -0.325. The number of thioether (sulfide) groups is 1. The minimum Gasteiger partial charge on any atom is -0.338 e. The zero-order valence-corrected chi connectivity index (χ0v) is 10.2. The van der Waals surface area contributed by atoms with Gasteiger partial charge in [-0.2, -0.15) is 0 Å². The number of rotatable bonds is 4. The second-order valence-electron chi connectivity index (χ2n) is 3.51. The molecule has 0 heterocycles.